The molecule has 0 heterocycles. The number of ether oxygens (including phenoxy) is 1. The van der Waals surface area contributed by atoms with Crippen molar-refractivity contribution in [2.75, 3.05) is 19.7 Å². The smallest absolute Gasteiger partial charge is 0.0873 e. The molecule has 0 atom stereocenters. The van der Waals surface area contributed by atoms with Crippen LogP contribution in [0.15, 0.2) is 12.8 Å². The molecule has 0 bridgehead atoms. The zero-order valence-electron chi connectivity index (χ0n) is 9.56. The van der Waals surface area contributed by atoms with Gasteiger partial charge in [-0.15, -0.1) is 0 Å². The molecule has 0 saturated heterocycles. The van der Waals surface area contributed by atoms with Crippen LogP contribution in [0.2, 0.25) is 0 Å². The average Bonchev–Trinajstić information content (AvgIpc) is 2.21. The number of hydrogen-bond acceptors (Lipinski definition) is 2. The van der Waals surface area contributed by atoms with Gasteiger partial charge in [-0.3, -0.25) is 0 Å². The first-order chi connectivity index (χ1) is 6.91. The second-order valence-corrected chi connectivity index (χ2v) is 3.51. The maximum atomic E-state index is 5.05. The Morgan fingerprint density at radius 1 is 1.07 bits per heavy atom. The number of hydrogen-bond donors (Lipinski definition) is 1. The summed E-state index contributed by atoms with van der Waals surface area (Å²) in [5, 5.41) is 3.34. The molecule has 0 amide bonds. The van der Waals surface area contributed by atoms with E-state index < -0.39 is 0 Å². The molecule has 0 aromatic rings. The van der Waals surface area contributed by atoms with E-state index in [9.17, 15) is 0 Å². The fraction of sp³-hybridized carbons (Fsp3) is 0.833. The summed E-state index contributed by atoms with van der Waals surface area (Å²) in [7, 11) is 0. The third kappa shape index (κ3) is 11.5. The van der Waals surface area contributed by atoms with Gasteiger partial charge in [0.1, 0.15) is 0 Å². The molecule has 0 aliphatic heterocycles. The van der Waals surface area contributed by atoms with Gasteiger partial charge in [-0.05, 0) is 25.9 Å². The van der Waals surface area contributed by atoms with Crippen molar-refractivity contribution in [1.29, 1.82) is 0 Å². The monoisotopic (exact) mass is 199 g/mol. The fourth-order valence-electron chi connectivity index (χ4n) is 1.40. The Kier molecular flexibility index (Phi) is 12.1. The highest BCUT2D eigenvalue weighted by molar-refractivity contribution is 4.51. The molecule has 0 saturated carbocycles. The first-order valence-electron chi connectivity index (χ1n) is 5.85. The summed E-state index contributed by atoms with van der Waals surface area (Å²) < 4.78 is 5.05. The SMILES string of the molecule is C=COCCCCCCCCNCC. The van der Waals surface area contributed by atoms with E-state index >= 15 is 0 Å². The summed E-state index contributed by atoms with van der Waals surface area (Å²) in [5.41, 5.74) is 0. The van der Waals surface area contributed by atoms with Gasteiger partial charge >= 0.3 is 0 Å². The molecular weight excluding hydrogens is 174 g/mol. The van der Waals surface area contributed by atoms with E-state index in [2.05, 4.69) is 18.8 Å². The lowest BCUT2D eigenvalue weighted by atomic mass is 10.1. The van der Waals surface area contributed by atoms with Crippen molar-refractivity contribution in [3.8, 4) is 0 Å². The Bertz CT molecular complexity index is 115. The molecule has 14 heavy (non-hydrogen) atoms. The van der Waals surface area contributed by atoms with Crippen molar-refractivity contribution >= 4 is 0 Å². The van der Waals surface area contributed by atoms with Gasteiger partial charge in [0.2, 0.25) is 0 Å². The molecule has 0 rings (SSSR count). The van der Waals surface area contributed by atoms with Gasteiger partial charge in [0.15, 0.2) is 0 Å². The Labute approximate surface area is 88.7 Å². The van der Waals surface area contributed by atoms with E-state index in [1.165, 1.54) is 51.3 Å². The van der Waals surface area contributed by atoms with Crippen molar-refractivity contribution in [1.82, 2.24) is 5.32 Å². The highest BCUT2D eigenvalue weighted by atomic mass is 16.5. The third-order valence-electron chi connectivity index (χ3n) is 2.23. The standard InChI is InChI=1S/C12H25NO/c1-3-13-11-9-7-5-6-8-10-12-14-4-2/h4,13H,2-3,5-12H2,1H3. The van der Waals surface area contributed by atoms with Crippen LogP contribution in [-0.2, 0) is 4.74 Å². The van der Waals surface area contributed by atoms with Crippen molar-refractivity contribution in [3.63, 3.8) is 0 Å². The highest BCUT2D eigenvalue weighted by Crippen LogP contribution is 2.04. The number of rotatable bonds is 11. The minimum Gasteiger partial charge on any atom is -0.502 e. The molecule has 0 radical (unpaired) electrons. The summed E-state index contributed by atoms with van der Waals surface area (Å²) >= 11 is 0. The molecule has 0 aromatic carbocycles. The summed E-state index contributed by atoms with van der Waals surface area (Å²) in [6.45, 7) is 8.77. The molecule has 0 aliphatic carbocycles. The molecule has 0 unspecified atom stereocenters. The zero-order chi connectivity index (χ0) is 10.5. The van der Waals surface area contributed by atoms with Crippen molar-refractivity contribution in [3.05, 3.63) is 12.8 Å². The molecule has 1 N–H and O–H groups in total. The van der Waals surface area contributed by atoms with Gasteiger partial charge in [0.05, 0.1) is 12.9 Å². The van der Waals surface area contributed by atoms with E-state index in [1.807, 2.05) is 0 Å². The lowest BCUT2D eigenvalue weighted by molar-refractivity contribution is 0.241. The molecule has 0 aliphatic rings. The van der Waals surface area contributed by atoms with Crippen LogP contribution in [0.3, 0.4) is 0 Å². The largest absolute Gasteiger partial charge is 0.502 e. The van der Waals surface area contributed by atoms with E-state index in [0.29, 0.717) is 0 Å². The van der Waals surface area contributed by atoms with Crippen molar-refractivity contribution < 1.29 is 4.74 Å². The first-order valence-corrected chi connectivity index (χ1v) is 5.85. The van der Waals surface area contributed by atoms with Gasteiger partial charge in [-0.25, -0.2) is 0 Å². The summed E-state index contributed by atoms with van der Waals surface area (Å²) in [6, 6.07) is 0. The predicted molar refractivity (Wildman–Crippen MR) is 62.4 cm³/mol. The Hall–Kier alpha value is -0.500. The van der Waals surface area contributed by atoms with Gasteiger partial charge in [-0.1, -0.05) is 39.2 Å². The van der Waals surface area contributed by atoms with E-state index in [-0.39, 0.29) is 0 Å². The average molecular weight is 199 g/mol. The third-order valence-corrected chi connectivity index (χ3v) is 2.23. The van der Waals surface area contributed by atoms with E-state index in [1.54, 1.807) is 0 Å². The van der Waals surface area contributed by atoms with Gasteiger partial charge in [0, 0.05) is 0 Å². The minimum atomic E-state index is 0.834. The van der Waals surface area contributed by atoms with Crippen LogP contribution >= 0.6 is 0 Å². The molecule has 0 aromatic heterocycles. The van der Waals surface area contributed by atoms with Crippen LogP contribution in [-0.4, -0.2) is 19.7 Å². The van der Waals surface area contributed by atoms with Crippen molar-refractivity contribution in [2.45, 2.75) is 45.4 Å². The Balaban J connectivity index is 2.81. The minimum absolute atomic E-state index is 0.834. The predicted octanol–water partition coefficient (Wildman–Crippen LogP) is 3.10. The normalized spacial score (nSPS) is 10.1. The van der Waals surface area contributed by atoms with E-state index in [4.69, 9.17) is 4.74 Å². The molecule has 2 nitrogen and oxygen atoms in total. The van der Waals surface area contributed by atoms with E-state index in [0.717, 1.165) is 13.2 Å². The van der Waals surface area contributed by atoms with Crippen LogP contribution in [0.4, 0.5) is 0 Å². The summed E-state index contributed by atoms with van der Waals surface area (Å²) in [4.78, 5) is 0. The topological polar surface area (TPSA) is 21.3 Å². The van der Waals surface area contributed by atoms with Gasteiger partial charge in [0.25, 0.3) is 0 Å². The number of nitrogens with one attached hydrogen (secondary N) is 1. The van der Waals surface area contributed by atoms with Crippen molar-refractivity contribution in [2.24, 2.45) is 0 Å². The first kappa shape index (κ1) is 13.5. The molecule has 0 fully saturated rings. The van der Waals surface area contributed by atoms with Crippen LogP contribution in [0.1, 0.15) is 45.4 Å². The Morgan fingerprint density at radius 2 is 1.71 bits per heavy atom. The van der Waals surface area contributed by atoms with Gasteiger partial charge in [-0.2, -0.15) is 0 Å². The second kappa shape index (κ2) is 12.5. The van der Waals surface area contributed by atoms with Crippen LogP contribution < -0.4 is 5.32 Å². The lowest BCUT2D eigenvalue weighted by Crippen LogP contribution is -2.13. The van der Waals surface area contributed by atoms with Gasteiger partial charge < -0.3 is 10.1 Å². The maximum absolute atomic E-state index is 5.05. The summed E-state index contributed by atoms with van der Waals surface area (Å²) in [6.07, 6.45) is 9.35. The fourth-order valence-corrected chi connectivity index (χ4v) is 1.40. The zero-order valence-corrected chi connectivity index (χ0v) is 9.56. The molecule has 84 valence electrons. The highest BCUT2D eigenvalue weighted by Gasteiger charge is 1.90. The molecule has 0 spiro atoms. The van der Waals surface area contributed by atoms with Crippen LogP contribution in [0.5, 0.6) is 0 Å². The quantitative estimate of drug-likeness (QED) is 0.408. The van der Waals surface area contributed by atoms with Crippen LogP contribution in [0, 0.1) is 0 Å². The maximum Gasteiger partial charge on any atom is 0.0873 e. The number of unbranched alkanes of at least 4 members (excludes halogenated alkanes) is 5. The Morgan fingerprint density at radius 3 is 2.36 bits per heavy atom. The van der Waals surface area contributed by atoms with Crippen LogP contribution in [0.25, 0.3) is 0 Å². The lowest BCUT2D eigenvalue weighted by Gasteiger charge is -2.02. The second-order valence-electron chi connectivity index (χ2n) is 3.51. The molecular formula is C12H25NO. The molecule has 2 heteroatoms. The summed E-state index contributed by atoms with van der Waals surface area (Å²) in [5.74, 6) is 0.